The van der Waals surface area contributed by atoms with Crippen molar-refractivity contribution in [1.82, 2.24) is 14.2 Å². The van der Waals surface area contributed by atoms with Crippen LogP contribution in [0.5, 0.6) is 0 Å². The van der Waals surface area contributed by atoms with Crippen LogP contribution in [0, 0.1) is 6.92 Å². The van der Waals surface area contributed by atoms with Gasteiger partial charge in [-0.3, -0.25) is 14.5 Å². The Labute approximate surface area is 123 Å². The standard InChI is InChI=1S/C11H12N4O5S/c1-5-8(10(18)19)9(21-13-5)12-6(16)3-15-7(17)4-14(2)11(15)20/h3-4H2,1-2H3,(H,12,16)(H,18,19). The predicted octanol–water partition coefficient (Wildman–Crippen LogP) is -0.0178. The molecule has 0 unspecified atom stereocenters. The van der Waals surface area contributed by atoms with Gasteiger partial charge in [-0.1, -0.05) is 0 Å². The number of nitrogens with zero attached hydrogens (tertiary/aromatic N) is 3. The normalized spacial score (nSPS) is 14.8. The van der Waals surface area contributed by atoms with Crippen LogP contribution in [0.3, 0.4) is 0 Å². The van der Waals surface area contributed by atoms with Crippen LogP contribution in [-0.4, -0.2) is 63.2 Å². The first-order valence-corrected chi connectivity index (χ1v) is 6.63. The van der Waals surface area contributed by atoms with Crippen molar-refractivity contribution in [2.75, 3.05) is 25.5 Å². The summed E-state index contributed by atoms with van der Waals surface area (Å²) in [5.41, 5.74) is 0.195. The lowest BCUT2D eigenvalue weighted by Gasteiger charge is -2.13. The number of carbonyl (C=O) groups is 4. The van der Waals surface area contributed by atoms with Gasteiger partial charge < -0.3 is 15.3 Å². The summed E-state index contributed by atoms with van der Waals surface area (Å²) in [4.78, 5) is 48.1. The van der Waals surface area contributed by atoms with Crippen molar-refractivity contribution in [1.29, 1.82) is 0 Å². The van der Waals surface area contributed by atoms with E-state index in [1.54, 1.807) is 0 Å². The van der Waals surface area contributed by atoms with Crippen molar-refractivity contribution in [3.05, 3.63) is 11.3 Å². The number of aryl methyl sites for hydroxylation is 1. The molecule has 4 amide bonds. The second-order valence-corrected chi connectivity index (χ2v) is 5.22. The zero-order valence-corrected chi connectivity index (χ0v) is 12.1. The number of imide groups is 1. The second-order valence-electron chi connectivity index (χ2n) is 4.44. The van der Waals surface area contributed by atoms with Gasteiger partial charge in [0, 0.05) is 7.05 Å². The molecule has 0 aromatic carbocycles. The summed E-state index contributed by atoms with van der Waals surface area (Å²) in [6.45, 7) is 0.974. The fourth-order valence-electron chi connectivity index (χ4n) is 1.84. The largest absolute Gasteiger partial charge is 0.478 e. The maximum absolute atomic E-state index is 11.9. The molecule has 1 aromatic heterocycles. The zero-order chi connectivity index (χ0) is 15.7. The molecule has 1 fully saturated rings. The Balaban J connectivity index is 2.08. The molecule has 0 saturated carbocycles. The first kappa shape index (κ1) is 14.9. The number of hydrogen-bond acceptors (Lipinski definition) is 6. The average Bonchev–Trinajstić information content (AvgIpc) is 2.85. The lowest BCUT2D eigenvalue weighted by atomic mass is 10.2. The van der Waals surface area contributed by atoms with Crippen LogP contribution in [0.15, 0.2) is 0 Å². The molecule has 0 aliphatic carbocycles. The van der Waals surface area contributed by atoms with E-state index in [1.807, 2.05) is 0 Å². The van der Waals surface area contributed by atoms with Crippen LogP contribution in [0.4, 0.5) is 9.80 Å². The second kappa shape index (κ2) is 5.48. The average molecular weight is 312 g/mol. The van der Waals surface area contributed by atoms with Crippen LogP contribution >= 0.6 is 11.5 Å². The number of rotatable bonds is 4. The van der Waals surface area contributed by atoms with Crippen LogP contribution < -0.4 is 5.32 Å². The molecule has 2 heterocycles. The third-order valence-electron chi connectivity index (χ3n) is 2.86. The fraction of sp³-hybridized carbons (Fsp3) is 0.364. The molecule has 112 valence electrons. The molecule has 1 aliphatic heterocycles. The highest BCUT2D eigenvalue weighted by atomic mass is 32.1. The van der Waals surface area contributed by atoms with Crippen LogP contribution in [-0.2, 0) is 9.59 Å². The number of nitrogens with one attached hydrogen (secondary N) is 1. The number of carbonyl (C=O) groups excluding carboxylic acids is 3. The third kappa shape index (κ3) is 2.84. The number of aromatic carboxylic acids is 1. The summed E-state index contributed by atoms with van der Waals surface area (Å²) in [5.74, 6) is -2.33. The van der Waals surface area contributed by atoms with Gasteiger partial charge in [0.2, 0.25) is 5.91 Å². The molecular formula is C11H12N4O5S. The highest BCUT2D eigenvalue weighted by Gasteiger charge is 2.35. The Morgan fingerprint density at radius 1 is 1.43 bits per heavy atom. The van der Waals surface area contributed by atoms with E-state index < -0.39 is 30.4 Å². The van der Waals surface area contributed by atoms with Crippen LogP contribution in [0.1, 0.15) is 16.1 Å². The van der Waals surface area contributed by atoms with E-state index in [0.717, 1.165) is 16.4 Å². The molecule has 21 heavy (non-hydrogen) atoms. The van der Waals surface area contributed by atoms with Crippen molar-refractivity contribution >= 4 is 40.3 Å². The summed E-state index contributed by atoms with van der Waals surface area (Å²) >= 11 is 0.831. The maximum atomic E-state index is 11.9. The van der Waals surface area contributed by atoms with E-state index in [2.05, 4.69) is 9.69 Å². The summed E-state index contributed by atoms with van der Waals surface area (Å²) in [6, 6.07) is -0.561. The van der Waals surface area contributed by atoms with Gasteiger partial charge in [0.05, 0.1) is 5.69 Å². The van der Waals surface area contributed by atoms with Gasteiger partial charge in [0.25, 0.3) is 5.91 Å². The molecule has 0 spiro atoms. The SMILES string of the molecule is Cc1nsc(NC(=O)CN2C(=O)CN(C)C2=O)c1C(=O)O. The van der Waals surface area contributed by atoms with E-state index in [9.17, 15) is 19.2 Å². The number of anilines is 1. The topological polar surface area (TPSA) is 120 Å². The number of likely N-dealkylation sites (N-methyl/N-ethyl adjacent to an activating group) is 1. The van der Waals surface area contributed by atoms with Gasteiger partial charge in [-0.15, -0.1) is 0 Å². The lowest BCUT2D eigenvalue weighted by molar-refractivity contribution is -0.129. The van der Waals surface area contributed by atoms with Crippen molar-refractivity contribution in [3.8, 4) is 0 Å². The first-order chi connectivity index (χ1) is 9.81. The van der Waals surface area contributed by atoms with E-state index in [1.165, 1.54) is 18.9 Å². The van der Waals surface area contributed by atoms with Crippen molar-refractivity contribution in [2.45, 2.75) is 6.92 Å². The summed E-state index contributed by atoms with van der Waals surface area (Å²) in [6.07, 6.45) is 0. The van der Waals surface area contributed by atoms with Gasteiger partial charge in [0.1, 0.15) is 23.7 Å². The van der Waals surface area contributed by atoms with Crippen molar-refractivity contribution < 1.29 is 24.3 Å². The van der Waals surface area contributed by atoms with Gasteiger partial charge in [0.15, 0.2) is 0 Å². The molecule has 1 saturated heterocycles. The molecule has 1 aliphatic rings. The monoisotopic (exact) mass is 312 g/mol. The lowest BCUT2D eigenvalue weighted by Crippen LogP contribution is -2.38. The molecule has 0 radical (unpaired) electrons. The molecule has 2 rings (SSSR count). The van der Waals surface area contributed by atoms with E-state index in [4.69, 9.17) is 5.11 Å². The van der Waals surface area contributed by atoms with Gasteiger partial charge in [-0.2, -0.15) is 4.37 Å². The van der Waals surface area contributed by atoms with E-state index in [0.29, 0.717) is 0 Å². The van der Waals surface area contributed by atoms with Gasteiger partial charge in [-0.05, 0) is 18.5 Å². The number of hydrogen-bond donors (Lipinski definition) is 2. The molecule has 9 nitrogen and oxygen atoms in total. The summed E-state index contributed by atoms with van der Waals surface area (Å²) in [7, 11) is 1.45. The Morgan fingerprint density at radius 2 is 2.10 bits per heavy atom. The third-order valence-corrected chi connectivity index (χ3v) is 3.72. The number of carboxylic acid groups (broad SMARTS) is 1. The maximum Gasteiger partial charge on any atom is 0.340 e. The molecule has 1 aromatic rings. The molecule has 10 heteroatoms. The summed E-state index contributed by atoms with van der Waals surface area (Å²) in [5, 5.41) is 11.5. The number of urea groups is 1. The van der Waals surface area contributed by atoms with Gasteiger partial charge >= 0.3 is 12.0 Å². The minimum Gasteiger partial charge on any atom is -0.478 e. The highest BCUT2D eigenvalue weighted by Crippen LogP contribution is 2.24. The van der Waals surface area contributed by atoms with Gasteiger partial charge in [-0.25, -0.2) is 9.59 Å². The van der Waals surface area contributed by atoms with Crippen molar-refractivity contribution in [2.24, 2.45) is 0 Å². The molecule has 2 N–H and O–H groups in total. The predicted molar refractivity (Wildman–Crippen MR) is 72.2 cm³/mol. The number of amides is 4. The molecular weight excluding hydrogens is 300 g/mol. The number of aromatic nitrogens is 1. The van der Waals surface area contributed by atoms with Crippen LogP contribution in [0.25, 0.3) is 0 Å². The Bertz CT molecular complexity index is 641. The Hall–Kier alpha value is -2.49. The smallest absolute Gasteiger partial charge is 0.340 e. The van der Waals surface area contributed by atoms with E-state index >= 15 is 0 Å². The molecule has 0 bridgehead atoms. The Morgan fingerprint density at radius 3 is 2.62 bits per heavy atom. The number of carboxylic acids is 1. The highest BCUT2D eigenvalue weighted by molar-refractivity contribution is 7.11. The van der Waals surface area contributed by atoms with E-state index in [-0.39, 0.29) is 22.8 Å². The summed E-state index contributed by atoms with van der Waals surface area (Å²) < 4.78 is 3.86. The van der Waals surface area contributed by atoms with Crippen molar-refractivity contribution in [3.63, 3.8) is 0 Å². The zero-order valence-electron chi connectivity index (χ0n) is 11.2. The minimum atomic E-state index is -1.20. The molecule has 0 atom stereocenters. The van der Waals surface area contributed by atoms with Crippen LogP contribution in [0.2, 0.25) is 0 Å². The Kier molecular flexibility index (Phi) is 3.89. The minimum absolute atomic E-state index is 0.0772. The fourth-order valence-corrected chi connectivity index (χ4v) is 2.65. The quantitative estimate of drug-likeness (QED) is 0.754. The first-order valence-electron chi connectivity index (χ1n) is 5.86.